The Morgan fingerprint density at radius 3 is 2.64 bits per heavy atom. The molecular formula is C11H21NO2. The van der Waals surface area contributed by atoms with Crippen LogP contribution in [0.15, 0.2) is 0 Å². The van der Waals surface area contributed by atoms with Crippen molar-refractivity contribution in [1.82, 2.24) is 5.48 Å². The van der Waals surface area contributed by atoms with Crippen molar-refractivity contribution < 1.29 is 10.0 Å². The van der Waals surface area contributed by atoms with Gasteiger partial charge in [0.1, 0.15) is 0 Å². The average Bonchev–Trinajstić information content (AvgIpc) is 2.26. The van der Waals surface area contributed by atoms with Crippen LogP contribution in [0.3, 0.4) is 0 Å². The SMILES string of the molecule is CC(CCC(=O)NO)C1CCCCC1. The number of amides is 1. The van der Waals surface area contributed by atoms with Gasteiger partial charge in [-0.3, -0.25) is 10.0 Å². The van der Waals surface area contributed by atoms with Crippen LogP contribution in [0.5, 0.6) is 0 Å². The lowest BCUT2D eigenvalue weighted by Crippen LogP contribution is -2.21. The summed E-state index contributed by atoms with van der Waals surface area (Å²) in [4.78, 5) is 10.8. The van der Waals surface area contributed by atoms with E-state index in [9.17, 15) is 4.79 Å². The molecule has 0 heterocycles. The van der Waals surface area contributed by atoms with Crippen LogP contribution in [-0.4, -0.2) is 11.1 Å². The standard InChI is InChI=1S/C11H21NO2/c1-9(7-8-11(13)12-14)10-5-3-2-4-6-10/h9-10,14H,2-8H2,1H3,(H,12,13). The van der Waals surface area contributed by atoms with Crippen LogP contribution in [-0.2, 0) is 4.79 Å². The lowest BCUT2D eigenvalue weighted by Gasteiger charge is -2.27. The van der Waals surface area contributed by atoms with Crippen molar-refractivity contribution >= 4 is 5.91 Å². The first kappa shape index (κ1) is 11.5. The average molecular weight is 199 g/mol. The van der Waals surface area contributed by atoms with Crippen LogP contribution in [0.25, 0.3) is 0 Å². The van der Waals surface area contributed by atoms with Crippen molar-refractivity contribution in [2.24, 2.45) is 11.8 Å². The van der Waals surface area contributed by atoms with Gasteiger partial charge in [-0.1, -0.05) is 39.0 Å². The Morgan fingerprint density at radius 2 is 2.07 bits per heavy atom. The molecule has 0 radical (unpaired) electrons. The van der Waals surface area contributed by atoms with Gasteiger partial charge in [0, 0.05) is 6.42 Å². The minimum atomic E-state index is -0.257. The lowest BCUT2D eigenvalue weighted by atomic mass is 9.79. The van der Waals surface area contributed by atoms with Crippen LogP contribution < -0.4 is 5.48 Å². The zero-order valence-corrected chi connectivity index (χ0v) is 8.96. The number of carbonyl (C=O) groups is 1. The molecule has 0 aromatic rings. The van der Waals surface area contributed by atoms with E-state index in [4.69, 9.17) is 5.21 Å². The zero-order valence-electron chi connectivity index (χ0n) is 8.96. The van der Waals surface area contributed by atoms with Gasteiger partial charge in [0.05, 0.1) is 0 Å². The molecule has 0 aromatic carbocycles. The monoisotopic (exact) mass is 199 g/mol. The molecule has 82 valence electrons. The van der Waals surface area contributed by atoms with Crippen LogP contribution in [0.4, 0.5) is 0 Å². The molecule has 3 heteroatoms. The summed E-state index contributed by atoms with van der Waals surface area (Å²) in [6.07, 6.45) is 8.07. The third-order valence-electron chi connectivity index (χ3n) is 3.41. The fourth-order valence-electron chi connectivity index (χ4n) is 2.35. The second-order valence-corrected chi connectivity index (χ2v) is 4.45. The number of carbonyl (C=O) groups excluding carboxylic acids is 1. The molecule has 1 fully saturated rings. The van der Waals surface area contributed by atoms with Crippen LogP contribution >= 0.6 is 0 Å². The first-order chi connectivity index (χ1) is 6.74. The molecular weight excluding hydrogens is 178 g/mol. The van der Waals surface area contributed by atoms with E-state index in [1.165, 1.54) is 32.1 Å². The van der Waals surface area contributed by atoms with Gasteiger partial charge in [-0.05, 0) is 18.3 Å². The molecule has 2 N–H and O–H groups in total. The van der Waals surface area contributed by atoms with Gasteiger partial charge < -0.3 is 0 Å². The summed E-state index contributed by atoms with van der Waals surface area (Å²) in [5, 5.41) is 8.36. The van der Waals surface area contributed by atoms with Crippen molar-refractivity contribution in [2.45, 2.75) is 51.9 Å². The number of rotatable bonds is 4. The normalized spacial score (nSPS) is 20.4. The van der Waals surface area contributed by atoms with E-state index in [2.05, 4.69) is 6.92 Å². The highest BCUT2D eigenvalue weighted by Crippen LogP contribution is 2.31. The summed E-state index contributed by atoms with van der Waals surface area (Å²) >= 11 is 0. The Labute approximate surface area is 85.8 Å². The van der Waals surface area contributed by atoms with Gasteiger partial charge in [0.15, 0.2) is 0 Å². The Morgan fingerprint density at radius 1 is 1.43 bits per heavy atom. The van der Waals surface area contributed by atoms with Crippen LogP contribution in [0.1, 0.15) is 51.9 Å². The lowest BCUT2D eigenvalue weighted by molar-refractivity contribution is -0.129. The smallest absolute Gasteiger partial charge is 0.243 e. The third kappa shape index (κ3) is 3.66. The van der Waals surface area contributed by atoms with Crippen LogP contribution in [0.2, 0.25) is 0 Å². The third-order valence-corrected chi connectivity index (χ3v) is 3.41. The predicted molar refractivity (Wildman–Crippen MR) is 54.9 cm³/mol. The molecule has 14 heavy (non-hydrogen) atoms. The molecule has 0 aromatic heterocycles. The van der Waals surface area contributed by atoms with Crippen molar-refractivity contribution in [1.29, 1.82) is 0 Å². The Kier molecular flexibility index (Phi) is 4.94. The summed E-state index contributed by atoms with van der Waals surface area (Å²) in [6.45, 7) is 2.22. The number of nitrogens with one attached hydrogen (secondary N) is 1. The second-order valence-electron chi connectivity index (χ2n) is 4.45. The van der Waals surface area contributed by atoms with Gasteiger partial charge in [-0.2, -0.15) is 0 Å². The molecule has 1 atom stereocenters. The Hall–Kier alpha value is -0.570. The van der Waals surface area contributed by atoms with Crippen molar-refractivity contribution in [3.63, 3.8) is 0 Å². The fourth-order valence-corrected chi connectivity index (χ4v) is 2.35. The van der Waals surface area contributed by atoms with E-state index in [-0.39, 0.29) is 5.91 Å². The van der Waals surface area contributed by atoms with Gasteiger partial charge >= 0.3 is 0 Å². The fraction of sp³-hybridized carbons (Fsp3) is 0.909. The summed E-state index contributed by atoms with van der Waals surface area (Å²) in [5.74, 6) is 1.16. The highest BCUT2D eigenvalue weighted by atomic mass is 16.5. The van der Waals surface area contributed by atoms with E-state index in [0.29, 0.717) is 12.3 Å². The molecule has 1 aliphatic carbocycles. The molecule has 0 aliphatic heterocycles. The minimum absolute atomic E-state index is 0.257. The van der Waals surface area contributed by atoms with Gasteiger partial charge in [-0.15, -0.1) is 0 Å². The molecule has 1 aliphatic rings. The van der Waals surface area contributed by atoms with Crippen molar-refractivity contribution in [2.75, 3.05) is 0 Å². The van der Waals surface area contributed by atoms with Crippen molar-refractivity contribution in [3.05, 3.63) is 0 Å². The Balaban J connectivity index is 2.19. The van der Waals surface area contributed by atoms with E-state index in [0.717, 1.165) is 12.3 Å². The quantitative estimate of drug-likeness (QED) is 0.540. The van der Waals surface area contributed by atoms with Gasteiger partial charge in [0.25, 0.3) is 0 Å². The summed E-state index contributed by atoms with van der Waals surface area (Å²) in [6, 6.07) is 0. The maximum Gasteiger partial charge on any atom is 0.243 e. The predicted octanol–water partition coefficient (Wildman–Crippen LogP) is 2.49. The van der Waals surface area contributed by atoms with Crippen LogP contribution in [0, 0.1) is 11.8 Å². The molecule has 0 saturated heterocycles. The van der Waals surface area contributed by atoms with Gasteiger partial charge in [-0.25, -0.2) is 5.48 Å². The van der Waals surface area contributed by atoms with E-state index in [1.54, 1.807) is 5.48 Å². The molecule has 1 saturated carbocycles. The molecule has 0 bridgehead atoms. The number of hydrogen-bond donors (Lipinski definition) is 2. The summed E-state index contributed by atoms with van der Waals surface area (Å²) < 4.78 is 0. The largest absolute Gasteiger partial charge is 0.289 e. The number of hydroxylamine groups is 1. The first-order valence-electron chi connectivity index (χ1n) is 5.67. The van der Waals surface area contributed by atoms with E-state index >= 15 is 0 Å². The second kappa shape index (κ2) is 6.02. The van der Waals surface area contributed by atoms with Crippen molar-refractivity contribution in [3.8, 4) is 0 Å². The molecule has 1 unspecified atom stereocenters. The summed E-state index contributed by atoms with van der Waals surface area (Å²) in [7, 11) is 0. The molecule has 1 rings (SSSR count). The highest BCUT2D eigenvalue weighted by Gasteiger charge is 2.20. The van der Waals surface area contributed by atoms with E-state index < -0.39 is 0 Å². The topological polar surface area (TPSA) is 49.3 Å². The first-order valence-corrected chi connectivity index (χ1v) is 5.67. The maximum absolute atomic E-state index is 10.8. The summed E-state index contributed by atoms with van der Waals surface area (Å²) in [5.41, 5.74) is 1.68. The molecule has 0 spiro atoms. The van der Waals surface area contributed by atoms with Gasteiger partial charge in [0.2, 0.25) is 5.91 Å². The minimum Gasteiger partial charge on any atom is -0.289 e. The zero-order chi connectivity index (χ0) is 10.4. The molecule has 3 nitrogen and oxygen atoms in total. The Bertz CT molecular complexity index is 176. The van der Waals surface area contributed by atoms with E-state index in [1.807, 2.05) is 0 Å². The maximum atomic E-state index is 10.8. The highest BCUT2D eigenvalue weighted by molar-refractivity contribution is 5.74. The molecule has 1 amide bonds. The number of hydrogen-bond acceptors (Lipinski definition) is 2.